The van der Waals surface area contributed by atoms with Gasteiger partial charge in [-0.15, -0.1) is 0 Å². The van der Waals surface area contributed by atoms with Crippen molar-refractivity contribution in [1.82, 2.24) is 0 Å². The number of hydrogen-bond acceptors (Lipinski definition) is 2. The Morgan fingerprint density at radius 1 is 1.31 bits per heavy atom. The van der Waals surface area contributed by atoms with Gasteiger partial charge in [-0.25, -0.2) is 0 Å². The molecule has 0 aliphatic carbocycles. The SMILES string of the molecule is CC=C(C)Oc1cccc(OC)c1. The molecule has 1 aromatic rings. The van der Waals surface area contributed by atoms with Crippen molar-refractivity contribution in [2.24, 2.45) is 0 Å². The van der Waals surface area contributed by atoms with Crippen molar-refractivity contribution in [3.63, 3.8) is 0 Å². The maximum absolute atomic E-state index is 5.49. The number of hydrogen-bond donors (Lipinski definition) is 0. The summed E-state index contributed by atoms with van der Waals surface area (Å²) >= 11 is 0. The molecule has 0 heterocycles. The minimum Gasteiger partial charge on any atom is -0.497 e. The van der Waals surface area contributed by atoms with Gasteiger partial charge in [-0.2, -0.15) is 0 Å². The first kappa shape index (κ1) is 9.65. The Bertz CT molecular complexity index is 303. The highest BCUT2D eigenvalue weighted by molar-refractivity contribution is 5.33. The van der Waals surface area contributed by atoms with Crippen LogP contribution in [0.2, 0.25) is 0 Å². The molecule has 0 N–H and O–H groups in total. The van der Waals surface area contributed by atoms with Crippen LogP contribution in [0.15, 0.2) is 36.1 Å². The van der Waals surface area contributed by atoms with Gasteiger partial charge < -0.3 is 9.47 Å². The molecule has 0 amide bonds. The van der Waals surface area contributed by atoms with Crippen molar-refractivity contribution in [2.75, 3.05) is 7.11 Å². The van der Waals surface area contributed by atoms with Crippen molar-refractivity contribution >= 4 is 0 Å². The lowest BCUT2D eigenvalue weighted by Crippen LogP contribution is -1.90. The molecule has 0 unspecified atom stereocenters. The highest BCUT2D eigenvalue weighted by Crippen LogP contribution is 2.20. The number of benzene rings is 1. The van der Waals surface area contributed by atoms with Gasteiger partial charge in [-0.3, -0.25) is 0 Å². The molecule has 0 saturated carbocycles. The van der Waals surface area contributed by atoms with E-state index in [0.29, 0.717) is 0 Å². The zero-order valence-corrected chi connectivity index (χ0v) is 8.20. The second kappa shape index (κ2) is 4.55. The summed E-state index contributed by atoms with van der Waals surface area (Å²) in [6.45, 7) is 3.86. The van der Waals surface area contributed by atoms with E-state index >= 15 is 0 Å². The van der Waals surface area contributed by atoms with E-state index in [1.807, 2.05) is 44.2 Å². The van der Waals surface area contributed by atoms with Crippen LogP contribution < -0.4 is 9.47 Å². The largest absolute Gasteiger partial charge is 0.497 e. The summed E-state index contributed by atoms with van der Waals surface area (Å²) in [7, 11) is 1.64. The second-order valence-corrected chi connectivity index (χ2v) is 2.68. The molecule has 0 bridgehead atoms. The van der Waals surface area contributed by atoms with Crippen molar-refractivity contribution in [3.05, 3.63) is 36.1 Å². The minimum absolute atomic E-state index is 0.801. The molecule has 2 nitrogen and oxygen atoms in total. The molecule has 0 spiro atoms. The predicted octanol–water partition coefficient (Wildman–Crippen LogP) is 3.00. The van der Waals surface area contributed by atoms with Gasteiger partial charge in [0.1, 0.15) is 11.5 Å². The van der Waals surface area contributed by atoms with Gasteiger partial charge in [0.25, 0.3) is 0 Å². The molecule has 1 rings (SSSR count). The molecular weight excluding hydrogens is 164 g/mol. The standard InChI is InChI=1S/C11H14O2/c1-4-9(2)13-11-7-5-6-10(8-11)12-3/h4-8H,1-3H3. The third kappa shape index (κ3) is 2.82. The van der Waals surface area contributed by atoms with Crippen molar-refractivity contribution in [1.29, 1.82) is 0 Å². The molecule has 1 aromatic carbocycles. The normalized spacial score (nSPS) is 11.2. The van der Waals surface area contributed by atoms with Crippen molar-refractivity contribution in [2.45, 2.75) is 13.8 Å². The molecule has 13 heavy (non-hydrogen) atoms. The number of allylic oxidation sites excluding steroid dienone is 2. The van der Waals surface area contributed by atoms with E-state index < -0.39 is 0 Å². The van der Waals surface area contributed by atoms with Crippen LogP contribution in [0.1, 0.15) is 13.8 Å². The lowest BCUT2D eigenvalue weighted by atomic mass is 10.3. The molecule has 0 aromatic heterocycles. The van der Waals surface area contributed by atoms with Crippen LogP contribution in [0.25, 0.3) is 0 Å². The lowest BCUT2D eigenvalue weighted by molar-refractivity contribution is 0.400. The van der Waals surface area contributed by atoms with Crippen LogP contribution in [0, 0.1) is 0 Å². The van der Waals surface area contributed by atoms with Crippen LogP contribution in [-0.2, 0) is 0 Å². The molecule has 70 valence electrons. The highest BCUT2D eigenvalue weighted by atomic mass is 16.5. The number of ether oxygens (including phenoxy) is 2. The van der Waals surface area contributed by atoms with Gasteiger partial charge >= 0.3 is 0 Å². The molecule has 2 heteroatoms. The zero-order valence-electron chi connectivity index (χ0n) is 8.20. The van der Waals surface area contributed by atoms with Gasteiger partial charge in [-0.05, 0) is 32.1 Å². The Labute approximate surface area is 78.8 Å². The molecule has 0 aliphatic rings. The average Bonchev–Trinajstić information content (AvgIpc) is 2.18. The summed E-state index contributed by atoms with van der Waals surface area (Å²) in [4.78, 5) is 0. The molecule has 0 radical (unpaired) electrons. The monoisotopic (exact) mass is 178 g/mol. The summed E-state index contributed by atoms with van der Waals surface area (Å²) in [5.41, 5.74) is 0. The molecular formula is C11H14O2. The smallest absolute Gasteiger partial charge is 0.130 e. The third-order valence-corrected chi connectivity index (χ3v) is 1.73. The Kier molecular flexibility index (Phi) is 3.38. The van der Waals surface area contributed by atoms with Crippen LogP contribution in [0.4, 0.5) is 0 Å². The van der Waals surface area contributed by atoms with Crippen LogP contribution in [0.3, 0.4) is 0 Å². The van der Waals surface area contributed by atoms with Gasteiger partial charge in [0.15, 0.2) is 0 Å². The number of rotatable bonds is 3. The van der Waals surface area contributed by atoms with Gasteiger partial charge in [0, 0.05) is 6.07 Å². The quantitative estimate of drug-likeness (QED) is 0.662. The maximum Gasteiger partial charge on any atom is 0.130 e. The van der Waals surface area contributed by atoms with Crippen molar-refractivity contribution < 1.29 is 9.47 Å². The Morgan fingerprint density at radius 3 is 2.62 bits per heavy atom. The van der Waals surface area contributed by atoms with Gasteiger partial charge in [0.05, 0.1) is 12.9 Å². The summed E-state index contributed by atoms with van der Waals surface area (Å²) in [6.07, 6.45) is 1.92. The van der Waals surface area contributed by atoms with E-state index in [2.05, 4.69) is 0 Å². The average molecular weight is 178 g/mol. The summed E-state index contributed by atoms with van der Waals surface area (Å²) in [5.74, 6) is 2.49. The predicted molar refractivity (Wildman–Crippen MR) is 53.1 cm³/mol. The Balaban J connectivity index is 2.77. The van der Waals surface area contributed by atoms with E-state index in [1.54, 1.807) is 7.11 Å². The fraction of sp³-hybridized carbons (Fsp3) is 0.273. The Hall–Kier alpha value is -1.44. The second-order valence-electron chi connectivity index (χ2n) is 2.68. The summed E-state index contributed by atoms with van der Waals surface area (Å²) in [6, 6.07) is 7.54. The number of methoxy groups -OCH3 is 1. The van der Waals surface area contributed by atoms with E-state index in [1.165, 1.54) is 0 Å². The molecule has 0 atom stereocenters. The van der Waals surface area contributed by atoms with Crippen LogP contribution in [0.5, 0.6) is 11.5 Å². The van der Waals surface area contributed by atoms with Gasteiger partial charge in [-0.1, -0.05) is 6.07 Å². The highest BCUT2D eigenvalue weighted by Gasteiger charge is 1.96. The Morgan fingerprint density at radius 2 is 2.00 bits per heavy atom. The first-order valence-corrected chi connectivity index (χ1v) is 4.21. The molecule has 0 aliphatic heterocycles. The third-order valence-electron chi connectivity index (χ3n) is 1.73. The summed E-state index contributed by atoms with van der Waals surface area (Å²) in [5, 5.41) is 0. The van der Waals surface area contributed by atoms with Crippen LogP contribution >= 0.6 is 0 Å². The van der Waals surface area contributed by atoms with E-state index in [4.69, 9.17) is 9.47 Å². The molecule has 0 fully saturated rings. The first-order chi connectivity index (χ1) is 6.26. The zero-order chi connectivity index (χ0) is 9.68. The van der Waals surface area contributed by atoms with E-state index in [-0.39, 0.29) is 0 Å². The summed E-state index contributed by atoms with van der Waals surface area (Å²) < 4.78 is 10.6. The van der Waals surface area contributed by atoms with E-state index in [9.17, 15) is 0 Å². The first-order valence-electron chi connectivity index (χ1n) is 4.21. The lowest BCUT2D eigenvalue weighted by Gasteiger charge is -2.06. The van der Waals surface area contributed by atoms with Gasteiger partial charge in [0.2, 0.25) is 0 Å². The molecule has 0 saturated heterocycles. The maximum atomic E-state index is 5.49. The minimum atomic E-state index is 0.801. The van der Waals surface area contributed by atoms with Crippen LogP contribution in [-0.4, -0.2) is 7.11 Å². The fourth-order valence-electron chi connectivity index (χ4n) is 0.909. The van der Waals surface area contributed by atoms with E-state index in [0.717, 1.165) is 17.3 Å². The topological polar surface area (TPSA) is 18.5 Å². The fourth-order valence-corrected chi connectivity index (χ4v) is 0.909. The van der Waals surface area contributed by atoms with Crippen molar-refractivity contribution in [3.8, 4) is 11.5 Å².